The van der Waals surface area contributed by atoms with E-state index in [1.165, 1.54) is 0 Å². The van der Waals surface area contributed by atoms with Crippen LogP contribution >= 0.6 is 0 Å². The number of guanidine groups is 1. The van der Waals surface area contributed by atoms with E-state index in [-0.39, 0.29) is 5.56 Å². The first-order valence-corrected chi connectivity index (χ1v) is 7.77. The standard InChI is InChI=1S/C16H24N6O/c1-17-16(19-13-14-8-10-20-21(14)2)18-9-4-6-12-22-11-5-3-7-15(22)23/h3,5,7-8,10-11H,4,6,9,12-13H2,1-2H3,(H2,17,18,19). The molecule has 0 spiro atoms. The van der Waals surface area contributed by atoms with E-state index in [4.69, 9.17) is 0 Å². The summed E-state index contributed by atoms with van der Waals surface area (Å²) in [6.45, 7) is 2.23. The minimum absolute atomic E-state index is 0.0501. The molecule has 0 aliphatic heterocycles. The van der Waals surface area contributed by atoms with Crippen molar-refractivity contribution >= 4 is 5.96 Å². The SMILES string of the molecule is CN=C(NCCCCn1ccccc1=O)NCc1ccnn1C. The molecule has 0 aromatic carbocycles. The van der Waals surface area contributed by atoms with Gasteiger partial charge in [-0.3, -0.25) is 14.5 Å². The Balaban J connectivity index is 1.65. The van der Waals surface area contributed by atoms with Crippen LogP contribution in [0.25, 0.3) is 0 Å². The van der Waals surface area contributed by atoms with Crippen LogP contribution in [0.1, 0.15) is 18.5 Å². The molecule has 2 N–H and O–H groups in total. The number of rotatable bonds is 7. The van der Waals surface area contributed by atoms with E-state index < -0.39 is 0 Å². The Bertz CT molecular complexity index is 688. The predicted molar refractivity (Wildman–Crippen MR) is 91.3 cm³/mol. The van der Waals surface area contributed by atoms with Crippen LogP contribution < -0.4 is 16.2 Å². The smallest absolute Gasteiger partial charge is 0.250 e. The van der Waals surface area contributed by atoms with E-state index in [1.54, 1.807) is 29.9 Å². The molecule has 0 fully saturated rings. The normalized spacial score (nSPS) is 11.5. The van der Waals surface area contributed by atoms with Crippen LogP contribution in [0.4, 0.5) is 0 Å². The molecule has 0 aliphatic rings. The zero-order chi connectivity index (χ0) is 16.5. The van der Waals surface area contributed by atoms with Crippen LogP contribution in [0.15, 0.2) is 46.4 Å². The van der Waals surface area contributed by atoms with Crippen LogP contribution in [0.3, 0.4) is 0 Å². The number of hydrogen-bond acceptors (Lipinski definition) is 3. The van der Waals surface area contributed by atoms with Gasteiger partial charge in [-0.2, -0.15) is 5.10 Å². The van der Waals surface area contributed by atoms with Crippen LogP contribution in [0.5, 0.6) is 0 Å². The number of nitrogens with one attached hydrogen (secondary N) is 2. The average Bonchev–Trinajstić information content (AvgIpc) is 2.97. The Kier molecular flexibility index (Phi) is 6.40. The number of aliphatic imine (C=N–C) groups is 1. The third kappa shape index (κ3) is 5.28. The van der Waals surface area contributed by atoms with E-state index in [0.717, 1.165) is 37.6 Å². The van der Waals surface area contributed by atoms with E-state index in [2.05, 4.69) is 20.7 Å². The molecule has 0 saturated heterocycles. The minimum Gasteiger partial charge on any atom is -0.356 e. The lowest BCUT2D eigenvalue weighted by molar-refractivity contribution is 0.585. The number of hydrogen-bond donors (Lipinski definition) is 2. The zero-order valence-corrected chi connectivity index (χ0v) is 13.7. The molecule has 2 rings (SSSR count). The minimum atomic E-state index is 0.0501. The maximum Gasteiger partial charge on any atom is 0.250 e. The summed E-state index contributed by atoms with van der Waals surface area (Å²) in [5, 5.41) is 10.7. The number of aromatic nitrogens is 3. The summed E-state index contributed by atoms with van der Waals surface area (Å²) >= 11 is 0. The Morgan fingerprint density at radius 3 is 2.83 bits per heavy atom. The molecule has 0 bridgehead atoms. The topological polar surface area (TPSA) is 76.2 Å². The van der Waals surface area contributed by atoms with E-state index in [0.29, 0.717) is 6.54 Å². The fraction of sp³-hybridized carbons (Fsp3) is 0.438. The zero-order valence-electron chi connectivity index (χ0n) is 13.7. The molecule has 2 aromatic rings. The number of unbranched alkanes of at least 4 members (excludes halogenated alkanes) is 1. The van der Waals surface area contributed by atoms with Crippen molar-refractivity contribution in [3.05, 3.63) is 52.7 Å². The van der Waals surface area contributed by atoms with Crippen LogP contribution in [0, 0.1) is 0 Å². The van der Waals surface area contributed by atoms with Gasteiger partial charge in [-0.15, -0.1) is 0 Å². The van der Waals surface area contributed by atoms with Crippen molar-refractivity contribution in [2.75, 3.05) is 13.6 Å². The van der Waals surface area contributed by atoms with Crippen molar-refractivity contribution in [3.63, 3.8) is 0 Å². The van der Waals surface area contributed by atoms with E-state index in [1.807, 2.05) is 30.1 Å². The highest BCUT2D eigenvalue weighted by Crippen LogP contribution is 1.95. The molecule has 0 saturated carbocycles. The third-order valence-corrected chi connectivity index (χ3v) is 3.60. The fourth-order valence-corrected chi connectivity index (χ4v) is 2.23. The molecule has 7 nitrogen and oxygen atoms in total. The second-order valence-corrected chi connectivity index (χ2v) is 5.24. The van der Waals surface area contributed by atoms with Crippen molar-refractivity contribution < 1.29 is 0 Å². The molecule has 0 aliphatic carbocycles. The van der Waals surface area contributed by atoms with Crippen molar-refractivity contribution in [2.24, 2.45) is 12.0 Å². The van der Waals surface area contributed by atoms with Gasteiger partial charge in [0, 0.05) is 45.6 Å². The quantitative estimate of drug-likeness (QED) is 0.448. The van der Waals surface area contributed by atoms with Gasteiger partial charge >= 0.3 is 0 Å². The van der Waals surface area contributed by atoms with Gasteiger partial charge in [-0.25, -0.2) is 0 Å². The predicted octanol–water partition coefficient (Wildman–Crippen LogP) is 0.727. The van der Waals surface area contributed by atoms with Gasteiger partial charge in [0.1, 0.15) is 0 Å². The Hall–Kier alpha value is -2.57. The number of nitrogens with zero attached hydrogens (tertiary/aromatic N) is 4. The summed E-state index contributed by atoms with van der Waals surface area (Å²) in [7, 11) is 3.67. The second kappa shape index (κ2) is 8.77. The summed E-state index contributed by atoms with van der Waals surface area (Å²) in [5.41, 5.74) is 1.14. The Morgan fingerprint density at radius 1 is 1.26 bits per heavy atom. The molecule has 124 valence electrons. The highest BCUT2D eigenvalue weighted by Gasteiger charge is 2.01. The summed E-state index contributed by atoms with van der Waals surface area (Å²) in [6, 6.07) is 7.20. The molecular weight excluding hydrogens is 292 g/mol. The molecule has 2 heterocycles. The lowest BCUT2D eigenvalue weighted by atomic mass is 10.3. The average molecular weight is 316 g/mol. The molecular formula is C16H24N6O. The molecule has 7 heteroatoms. The van der Waals surface area contributed by atoms with Gasteiger partial charge in [0.2, 0.25) is 5.56 Å². The maximum atomic E-state index is 11.6. The summed E-state index contributed by atoms with van der Waals surface area (Å²) < 4.78 is 3.56. The fourth-order valence-electron chi connectivity index (χ4n) is 2.23. The first-order valence-electron chi connectivity index (χ1n) is 7.77. The van der Waals surface area contributed by atoms with Crippen molar-refractivity contribution in [1.29, 1.82) is 0 Å². The lowest BCUT2D eigenvalue weighted by Crippen LogP contribution is -2.37. The van der Waals surface area contributed by atoms with Gasteiger partial charge in [-0.1, -0.05) is 6.07 Å². The molecule has 0 radical (unpaired) electrons. The maximum absolute atomic E-state index is 11.6. The van der Waals surface area contributed by atoms with Crippen molar-refractivity contribution in [1.82, 2.24) is 25.0 Å². The molecule has 2 aromatic heterocycles. The molecule has 0 unspecified atom stereocenters. The monoisotopic (exact) mass is 316 g/mol. The number of aryl methyl sites for hydroxylation is 2. The molecule has 0 amide bonds. The van der Waals surface area contributed by atoms with Crippen molar-refractivity contribution in [2.45, 2.75) is 25.9 Å². The summed E-state index contributed by atoms with van der Waals surface area (Å²) in [6.07, 6.45) is 5.51. The Labute approximate surface area is 136 Å². The molecule has 23 heavy (non-hydrogen) atoms. The van der Waals surface area contributed by atoms with Gasteiger partial charge in [0.25, 0.3) is 0 Å². The van der Waals surface area contributed by atoms with Crippen LogP contribution in [-0.2, 0) is 20.1 Å². The molecule has 0 atom stereocenters. The largest absolute Gasteiger partial charge is 0.356 e. The highest BCUT2D eigenvalue weighted by molar-refractivity contribution is 5.79. The van der Waals surface area contributed by atoms with E-state index >= 15 is 0 Å². The second-order valence-electron chi connectivity index (χ2n) is 5.24. The van der Waals surface area contributed by atoms with Gasteiger partial charge < -0.3 is 15.2 Å². The lowest BCUT2D eigenvalue weighted by Gasteiger charge is -2.12. The number of pyridine rings is 1. The first kappa shape index (κ1) is 16.8. The van der Waals surface area contributed by atoms with Gasteiger partial charge in [0.15, 0.2) is 5.96 Å². The summed E-state index contributed by atoms with van der Waals surface area (Å²) in [4.78, 5) is 15.8. The van der Waals surface area contributed by atoms with E-state index in [9.17, 15) is 4.79 Å². The summed E-state index contributed by atoms with van der Waals surface area (Å²) in [5.74, 6) is 0.767. The first-order chi connectivity index (χ1) is 11.2. The van der Waals surface area contributed by atoms with Crippen molar-refractivity contribution in [3.8, 4) is 0 Å². The van der Waals surface area contributed by atoms with Gasteiger partial charge in [0.05, 0.1) is 12.2 Å². The van der Waals surface area contributed by atoms with Gasteiger partial charge in [-0.05, 0) is 25.0 Å². The van der Waals surface area contributed by atoms with Crippen LogP contribution in [0.2, 0.25) is 0 Å². The third-order valence-electron chi connectivity index (χ3n) is 3.60. The van der Waals surface area contributed by atoms with Crippen LogP contribution in [-0.4, -0.2) is 33.9 Å². The Morgan fingerprint density at radius 2 is 2.13 bits per heavy atom. The highest BCUT2D eigenvalue weighted by atomic mass is 16.1.